The van der Waals surface area contributed by atoms with Gasteiger partial charge in [-0.15, -0.1) is 0 Å². The highest BCUT2D eigenvalue weighted by atomic mass is 79.9. The van der Waals surface area contributed by atoms with Gasteiger partial charge in [-0.1, -0.05) is 35.9 Å². The number of rotatable bonds is 9. The van der Waals surface area contributed by atoms with Crippen molar-refractivity contribution in [3.05, 3.63) is 126 Å². The molecule has 0 aliphatic carbocycles. The van der Waals surface area contributed by atoms with Crippen molar-refractivity contribution >= 4 is 50.3 Å². The lowest BCUT2D eigenvalue weighted by atomic mass is 10.1. The van der Waals surface area contributed by atoms with E-state index in [9.17, 15) is 28.1 Å². The molecule has 1 aromatic heterocycles. The fourth-order valence-corrected chi connectivity index (χ4v) is 4.99. The first kappa shape index (κ1) is 31.7. The molecule has 0 aliphatic rings. The van der Waals surface area contributed by atoms with Crippen LogP contribution in [-0.2, 0) is 12.8 Å². The maximum atomic E-state index is 13.5. The highest BCUT2D eigenvalue weighted by Crippen LogP contribution is 2.43. The number of nitro groups is 1. The SMILES string of the molecule is CCOc1cc(C=Nn2c(-c3cccc(C(F)(F)F)c3)nc3ccccc3c2=O)c(Br)c(Cl)c1OCc1ccc([N+](=O)[O-])cc1. The van der Waals surface area contributed by atoms with E-state index >= 15 is 0 Å². The molecule has 5 rings (SSSR count). The number of non-ortho nitro benzene ring substituents is 1. The summed E-state index contributed by atoms with van der Waals surface area (Å²) in [5, 5.41) is 15.6. The summed E-state index contributed by atoms with van der Waals surface area (Å²) in [5.74, 6) is 0.336. The number of hydrogen-bond acceptors (Lipinski definition) is 7. The molecule has 0 radical (unpaired) electrons. The van der Waals surface area contributed by atoms with Crippen LogP contribution in [0.2, 0.25) is 5.02 Å². The molecule has 5 aromatic rings. The predicted octanol–water partition coefficient (Wildman–Crippen LogP) is 8.27. The van der Waals surface area contributed by atoms with Gasteiger partial charge in [0.25, 0.3) is 11.2 Å². The van der Waals surface area contributed by atoms with Crippen LogP contribution in [0, 0.1) is 10.1 Å². The molecule has 0 saturated heterocycles. The molecule has 0 unspecified atom stereocenters. The standard InChI is InChI=1S/C31H21BrClF3N4O5/c1-2-44-25-15-20(26(32)27(33)28(25)45-17-18-10-12-22(13-11-18)40(42)43)16-37-39-29(19-6-5-7-21(14-19)31(34,35)36)38-24-9-4-3-8-23(24)30(39)41/h3-16H,2,17H2,1H3. The zero-order valence-corrected chi connectivity index (χ0v) is 25.6. The Bertz CT molecular complexity index is 2000. The molecule has 0 N–H and O–H groups in total. The zero-order chi connectivity index (χ0) is 32.3. The molecule has 230 valence electrons. The Labute approximate surface area is 266 Å². The summed E-state index contributed by atoms with van der Waals surface area (Å²) in [6, 6.07) is 18.3. The molecule has 9 nitrogen and oxygen atoms in total. The van der Waals surface area contributed by atoms with Crippen molar-refractivity contribution < 1.29 is 27.6 Å². The number of aromatic nitrogens is 2. The van der Waals surface area contributed by atoms with Gasteiger partial charge < -0.3 is 9.47 Å². The van der Waals surface area contributed by atoms with Crippen molar-refractivity contribution in [1.29, 1.82) is 0 Å². The van der Waals surface area contributed by atoms with Gasteiger partial charge in [0.2, 0.25) is 0 Å². The Hall–Kier alpha value is -4.75. The number of ether oxygens (including phenoxy) is 2. The first-order valence-electron chi connectivity index (χ1n) is 13.2. The van der Waals surface area contributed by atoms with Gasteiger partial charge in [-0.3, -0.25) is 14.9 Å². The monoisotopic (exact) mass is 700 g/mol. The number of nitrogens with zero attached hydrogens (tertiary/aromatic N) is 4. The van der Waals surface area contributed by atoms with E-state index in [1.54, 1.807) is 49.4 Å². The van der Waals surface area contributed by atoms with E-state index < -0.39 is 22.2 Å². The highest BCUT2D eigenvalue weighted by Gasteiger charge is 2.31. The van der Waals surface area contributed by atoms with E-state index in [4.69, 9.17) is 21.1 Å². The van der Waals surface area contributed by atoms with Crippen LogP contribution in [-0.4, -0.2) is 27.4 Å². The second kappa shape index (κ2) is 13.1. The maximum Gasteiger partial charge on any atom is 0.416 e. The minimum Gasteiger partial charge on any atom is -0.490 e. The topological polar surface area (TPSA) is 109 Å². The van der Waals surface area contributed by atoms with Gasteiger partial charge >= 0.3 is 6.18 Å². The first-order chi connectivity index (χ1) is 21.5. The van der Waals surface area contributed by atoms with Crippen LogP contribution in [0.1, 0.15) is 23.6 Å². The molecule has 0 saturated carbocycles. The molecule has 0 atom stereocenters. The van der Waals surface area contributed by atoms with E-state index in [0.29, 0.717) is 21.1 Å². The lowest BCUT2D eigenvalue weighted by Gasteiger charge is -2.16. The number of para-hydroxylation sites is 1. The largest absolute Gasteiger partial charge is 0.490 e. The summed E-state index contributed by atoms with van der Waals surface area (Å²) in [6.45, 7) is 2.03. The summed E-state index contributed by atoms with van der Waals surface area (Å²) in [4.78, 5) is 28.5. The summed E-state index contributed by atoms with van der Waals surface area (Å²) >= 11 is 10.1. The average molecular weight is 702 g/mol. The summed E-state index contributed by atoms with van der Waals surface area (Å²) in [5.41, 5.74) is -0.231. The normalized spacial score (nSPS) is 11.7. The van der Waals surface area contributed by atoms with E-state index in [0.717, 1.165) is 16.8 Å². The second-order valence-electron chi connectivity index (χ2n) is 9.46. The number of fused-ring (bicyclic) bond motifs is 1. The van der Waals surface area contributed by atoms with Crippen molar-refractivity contribution in [3.63, 3.8) is 0 Å². The molecule has 45 heavy (non-hydrogen) atoms. The fourth-order valence-electron chi connectivity index (χ4n) is 4.34. The van der Waals surface area contributed by atoms with Gasteiger partial charge in [0, 0.05) is 27.7 Å². The van der Waals surface area contributed by atoms with Crippen LogP contribution in [0.25, 0.3) is 22.3 Å². The average Bonchev–Trinajstić information content (AvgIpc) is 3.02. The second-order valence-corrected chi connectivity index (χ2v) is 10.6. The quantitative estimate of drug-likeness (QED) is 0.0870. The Morgan fingerprint density at radius 2 is 1.80 bits per heavy atom. The molecule has 1 heterocycles. The molecule has 0 spiro atoms. The molecule has 0 amide bonds. The van der Waals surface area contributed by atoms with Crippen LogP contribution in [0.3, 0.4) is 0 Å². The Morgan fingerprint density at radius 3 is 2.49 bits per heavy atom. The van der Waals surface area contributed by atoms with Gasteiger partial charge in [-0.25, -0.2) is 4.98 Å². The van der Waals surface area contributed by atoms with Gasteiger partial charge in [0.1, 0.15) is 11.6 Å². The lowest BCUT2D eigenvalue weighted by molar-refractivity contribution is -0.384. The molecular formula is C31H21BrClF3N4O5. The minimum absolute atomic E-state index is 0.0240. The first-order valence-corrected chi connectivity index (χ1v) is 14.4. The smallest absolute Gasteiger partial charge is 0.416 e. The highest BCUT2D eigenvalue weighted by molar-refractivity contribution is 9.10. The predicted molar refractivity (Wildman–Crippen MR) is 167 cm³/mol. The van der Waals surface area contributed by atoms with Crippen molar-refractivity contribution in [1.82, 2.24) is 9.66 Å². The number of hydrogen-bond donors (Lipinski definition) is 0. The van der Waals surface area contributed by atoms with Crippen molar-refractivity contribution in [3.8, 4) is 22.9 Å². The maximum absolute atomic E-state index is 13.5. The number of nitro benzene ring substituents is 1. The number of benzene rings is 4. The van der Waals surface area contributed by atoms with E-state index in [-0.39, 0.29) is 52.2 Å². The van der Waals surface area contributed by atoms with Crippen molar-refractivity contribution in [2.45, 2.75) is 19.7 Å². The van der Waals surface area contributed by atoms with E-state index in [1.165, 1.54) is 30.5 Å². The summed E-state index contributed by atoms with van der Waals surface area (Å²) in [6.07, 6.45) is -3.31. The molecule has 0 aliphatic heterocycles. The lowest BCUT2D eigenvalue weighted by Crippen LogP contribution is -2.20. The molecule has 0 fully saturated rings. The van der Waals surface area contributed by atoms with Crippen LogP contribution in [0.4, 0.5) is 18.9 Å². The summed E-state index contributed by atoms with van der Waals surface area (Å²) in [7, 11) is 0. The van der Waals surface area contributed by atoms with Crippen molar-refractivity contribution in [2.75, 3.05) is 6.61 Å². The van der Waals surface area contributed by atoms with Crippen LogP contribution < -0.4 is 15.0 Å². The van der Waals surface area contributed by atoms with Gasteiger partial charge in [0.05, 0.1) is 34.2 Å². The van der Waals surface area contributed by atoms with Crippen LogP contribution in [0.15, 0.2) is 93.2 Å². The number of halogens is 5. The third-order valence-corrected chi connectivity index (χ3v) is 7.94. The Morgan fingerprint density at radius 1 is 1.07 bits per heavy atom. The number of alkyl halides is 3. The van der Waals surface area contributed by atoms with E-state index in [1.807, 2.05) is 0 Å². The zero-order valence-electron chi connectivity index (χ0n) is 23.2. The van der Waals surface area contributed by atoms with E-state index in [2.05, 4.69) is 26.0 Å². The van der Waals surface area contributed by atoms with Gasteiger partial charge in [-0.2, -0.15) is 22.9 Å². The summed E-state index contributed by atoms with van der Waals surface area (Å²) < 4.78 is 53.5. The third-order valence-electron chi connectivity index (χ3n) is 6.50. The third kappa shape index (κ3) is 6.84. The molecule has 0 bridgehead atoms. The fraction of sp³-hybridized carbons (Fsp3) is 0.129. The van der Waals surface area contributed by atoms with Gasteiger partial charge in [0.15, 0.2) is 17.3 Å². The van der Waals surface area contributed by atoms with Crippen LogP contribution in [0.5, 0.6) is 11.5 Å². The molecule has 4 aromatic carbocycles. The minimum atomic E-state index is -4.61. The van der Waals surface area contributed by atoms with Crippen LogP contribution >= 0.6 is 27.5 Å². The van der Waals surface area contributed by atoms with Crippen molar-refractivity contribution in [2.24, 2.45) is 5.10 Å². The Kier molecular flexibility index (Phi) is 9.21. The van der Waals surface area contributed by atoms with Gasteiger partial charge in [-0.05, 0) is 70.9 Å². The molecular weight excluding hydrogens is 681 g/mol. The Balaban J connectivity index is 1.56. The molecule has 14 heteroatoms.